The SMILES string of the molecule is COc1ccc(N(CC(=O)Nc2cccc([N+](=O)[O-])c2)S(=O)(=O)c2cccc3cnccc23)cc1. The monoisotopic (exact) mass is 492 g/mol. The maximum atomic E-state index is 13.8. The number of aromatic nitrogens is 1. The fourth-order valence-electron chi connectivity index (χ4n) is 3.53. The summed E-state index contributed by atoms with van der Waals surface area (Å²) >= 11 is 0. The van der Waals surface area contributed by atoms with Crippen molar-refractivity contribution in [1.82, 2.24) is 4.98 Å². The number of nitro groups is 1. The highest BCUT2D eigenvalue weighted by Gasteiger charge is 2.29. The van der Waals surface area contributed by atoms with E-state index in [0.717, 1.165) is 4.31 Å². The zero-order valence-electron chi connectivity index (χ0n) is 18.5. The molecule has 0 saturated heterocycles. The van der Waals surface area contributed by atoms with Crippen LogP contribution in [0.3, 0.4) is 0 Å². The summed E-state index contributed by atoms with van der Waals surface area (Å²) in [5.41, 5.74) is 0.213. The van der Waals surface area contributed by atoms with E-state index in [0.29, 0.717) is 16.5 Å². The molecule has 0 radical (unpaired) electrons. The molecule has 3 aromatic carbocycles. The average Bonchev–Trinajstić information content (AvgIpc) is 2.87. The van der Waals surface area contributed by atoms with Gasteiger partial charge in [0.05, 0.1) is 22.6 Å². The molecule has 1 N–H and O–H groups in total. The molecule has 178 valence electrons. The Bertz CT molecular complexity index is 1500. The van der Waals surface area contributed by atoms with Crippen molar-refractivity contribution in [2.24, 2.45) is 0 Å². The van der Waals surface area contributed by atoms with Crippen LogP contribution in [0.2, 0.25) is 0 Å². The number of nitrogens with zero attached hydrogens (tertiary/aromatic N) is 3. The molecule has 11 heteroatoms. The van der Waals surface area contributed by atoms with Gasteiger partial charge in [0.15, 0.2) is 0 Å². The molecule has 0 fully saturated rings. The second-order valence-electron chi connectivity index (χ2n) is 7.42. The Kier molecular flexibility index (Phi) is 6.60. The molecule has 0 spiro atoms. The normalized spacial score (nSPS) is 11.1. The quantitative estimate of drug-likeness (QED) is 0.291. The number of amides is 1. The Morgan fingerprint density at radius 1 is 1.09 bits per heavy atom. The number of pyridine rings is 1. The van der Waals surface area contributed by atoms with Crippen LogP contribution in [0.15, 0.2) is 90.1 Å². The fraction of sp³-hybridized carbons (Fsp3) is 0.0833. The highest BCUT2D eigenvalue weighted by Crippen LogP contribution is 2.30. The van der Waals surface area contributed by atoms with Crippen LogP contribution < -0.4 is 14.4 Å². The molecule has 0 bridgehead atoms. The van der Waals surface area contributed by atoms with Crippen LogP contribution in [-0.4, -0.2) is 37.9 Å². The van der Waals surface area contributed by atoms with Crippen molar-refractivity contribution < 1.29 is 22.9 Å². The number of hydrogen-bond donors (Lipinski definition) is 1. The number of methoxy groups -OCH3 is 1. The van der Waals surface area contributed by atoms with Crippen molar-refractivity contribution >= 4 is 43.8 Å². The van der Waals surface area contributed by atoms with Gasteiger partial charge in [-0.3, -0.25) is 24.2 Å². The van der Waals surface area contributed by atoms with E-state index in [-0.39, 0.29) is 22.0 Å². The van der Waals surface area contributed by atoms with Crippen LogP contribution in [0.25, 0.3) is 10.8 Å². The average molecular weight is 493 g/mol. The number of nitrogens with one attached hydrogen (secondary N) is 1. The predicted octanol–water partition coefficient (Wildman–Crippen LogP) is 3.99. The molecule has 10 nitrogen and oxygen atoms in total. The number of anilines is 2. The molecule has 0 aliphatic heterocycles. The summed E-state index contributed by atoms with van der Waals surface area (Å²) < 4.78 is 33.8. The second kappa shape index (κ2) is 9.77. The maximum Gasteiger partial charge on any atom is 0.271 e. The van der Waals surface area contributed by atoms with E-state index in [2.05, 4.69) is 10.3 Å². The van der Waals surface area contributed by atoms with Gasteiger partial charge < -0.3 is 10.1 Å². The van der Waals surface area contributed by atoms with Gasteiger partial charge in [0.25, 0.3) is 15.7 Å². The Balaban J connectivity index is 1.73. The van der Waals surface area contributed by atoms with Gasteiger partial charge >= 0.3 is 0 Å². The summed E-state index contributed by atoms with van der Waals surface area (Å²) in [7, 11) is -2.73. The van der Waals surface area contributed by atoms with Gasteiger partial charge in [0.2, 0.25) is 5.91 Å². The first kappa shape index (κ1) is 23.6. The zero-order valence-corrected chi connectivity index (χ0v) is 19.3. The van der Waals surface area contributed by atoms with Crippen LogP contribution in [0.4, 0.5) is 17.1 Å². The van der Waals surface area contributed by atoms with Crippen molar-refractivity contribution in [2.45, 2.75) is 4.90 Å². The minimum atomic E-state index is -4.21. The molecule has 4 aromatic rings. The van der Waals surface area contributed by atoms with E-state index in [1.165, 1.54) is 55.8 Å². The first-order valence-electron chi connectivity index (χ1n) is 10.3. The first-order chi connectivity index (χ1) is 16.8. The summed E-state index contributed by atoms with van der Waals surface area (Å²) in [5, 5.41) is 14.7. The molecule has 1 aromatic heterocycles. The standard InChI is InChI=1S/C24H20N4O6S/c1-34-21-10-8-19(9-11-21)27(16-24(29)26-18-5-3-6-20(14-18)28(30)31)35(32,33)23-7-2-4-17-15-25-13-12-22(17)23/h2-15H,16H2,1H3,(H,26,29). The number of carbonyl (C=O) groups excluding carboxylic acids is 1. The van der Waals surface area contributed by atoms with E-state index in [1.807, 2.05) is 0 Å². The second-order valence-corrected chi connectivity index (χ2v) is 9.25. The lowest BCUT2D eigenvalue weighted by molar-refractivity contribution is -0.384. The van der Waals surface area contributed by atoms with Gasteiger partial charge in [-0.25, -0.2) is 8.42 Å². The Morgan fingerprint density at radius 2 is 1.83 bits per heavy atom. The number of hydrogen-bond acceptors (Lipinski definition) is 7. The van der Waals surface area contributed by atoms with E-state index in [4.69, 9.17) is 4.74 Å². The van der Waals surface area contributed by atoms with Crippen molar-refractivity contribution in [3.05, 3.63) is 95.3 Å². The number of carbonyl (C=O) groups is 1. The predicted molar refractivity (Wildman–Crippen MR) is 131 cm³/mol. The summed E-state index contributed by atoms with van der Waals surface area (Å²) in [5.74, 6) is -0.157. The van der Waals surface area contributed by atoms with Gasteiger partial charge in [-0.15, -0.1) is 0 Å². The van der Waals surface area contributed by atoms with Gasteiger partial charge in [-0.2, -0.15) is 0 Å². The highest BCUT2D eigenvalue weighted by molar-refractivity contribution is 7.93. The third-order valence-corrected chi connectivity index (χ3v) is 7.03. The van der Waals surface area contributed by atoms with Crippen LogP contribution in [0, 0.1) is 10.1 Å². The van der Waals surface area contributed by atoms with Crippen molar-refractivity contribution in [2.75, 3.05) is 23.3 Å². The van der Waals surface area contributed by atoms with E-state index in [1.54, 1.807) is 36.5 Å². The fourth-order valence-corrected chi connectivity index (χ4v) is 5.17. The number of fused-ring (bicyclic) bond motifs is 1. The molecule has 0 unspecified atom stereocenters. The maximum absolute atomic E-state index is 13.8. The molecule has 0 saturated carbocycles. The smallest absolute Gasteiger partial charge is 0.271 e. The molecule has 4 rings (SSSR count). The third kappa shape index (κ3) is 5.04. The topological polar surface area (TPSA) is 132 Å². The van der Waals surface area contributed by atoms with Gasteiger partial charge in [0, 0.05) is 41.0 Å². The Hall–Kier alpha value is -4.51. The van der Waals surface area contributed by atoms with Gasteiger partial charge in [-0.05, 0) is 42.5 Å². The molecule has 1 amide bonds. The summed E-state index contributed by atoms with van der Waals surface area (Å²) in [6.07, 6.45) is 3.05. The lowest BCUT2D eigenvalue weighted by Crippen LogP contribution is -2.38. The first-order valence-corrected chi connectivity index (χ1v) is 11.8. The number of nitro benzene ring substituents is 1. The molecular weight excluding hydrogens is 472 g/mol. The molecule has 35 heavy (non-hydrogen) atoms. The van der Waals surface area contributed by atoms with E-state index in [9.17, 15) is 23.3 Å². The zero-order chi connectivity index (χ0) is 25.0. The number of sulfonamides is 1. The summed E-state index contributed by atoms with van der Waals surface area (Å²) in [6.45, 7) is -0.571. The van der Waals surface area contributed by atoms with E-state index < -0.39 is 27.4 Å². The highest BCUT2D eigenvalue weighted by atomic mass is 32.2. The van der Waals surface area contributed by atoms with Gasteiger partial charge in [0.1, 0.15) is 12.3 Å². The molecule has 0 aliphatic rings. The van der Waals surface area contributed by atoms with Crippen molar-refractivity contribution in [3.63, 3.8) is 0 Å². The number of non-ortho nitro benzene ring substituents is 1. The molecular formula is C24H20N4O6S. The minimum absolute atomic E-state index is 0.0105. The number of benzene rings is 3. The van der Waals surface area contributed by atoms with Crippen molar-refractivity contribution in [1.29, 1.82) is 0 Å². The number of rotatable bonds is 8. The lowest BCUT2D eigenvalue weighted by atomic mass is 10.2. The van der Waals surface area contributed by atoms with E-state index >= 15 is 0 Å². The molecule has 0 atom stereocenters. The molecule has 1 heterocycles. The van der Waals surface area contributed by atoms with Crippen LogP contribution in [0.1, 0.15) is 0 Å². The summed E-state index contributed by atoms with van der Waals surface area (Å²) in [4.78, 5) is 27.4. The Labute approximate surface area is 201 Å². The lowest BCUT2D eigenvalue weighted by Gasteiger charge is -2.25. The van der Waals surface area contributed by atoms with Gasteiger partial charge in [-0.1, -0.05) is 18.2 Å². The number of ether oxygens (including phenoxy) is 1. The largest absolute Gasteiger partial charge is 0.497 e. The Morgan fingerprint density at radius 3 is 2.54 bits per heavy atom. The summed E-state index contributed by atoms with van der Waals surface area (Å²) in [6, 6.07) is 18.0. The van der Waals surface area contributed by atoms with Crippen LogP contribution in [-0.2, 0) is 14.8 Å². The minimum Gasteiger partial charge on any atom is -0.497 e. The van der Waals surface area contributed by atoms with Crippen molar-refractivity contribution in [3.8, 4) is 5.75 Å². The van der Waals surface area contributed by atoms with Crippen LogP contribution >= 0.6 is 0 Å². The van der Waals surface area contributed by atoms with Crippen LogP contribution in [0.5, 0.6) is 5.75 Å². The molecule has 0 aliphatic carbocycles. The third-order valence-electron chi connectivity index (χ3n) is 5.20.